The molecular weight excluding hydrogens is 208 g/mol. The first-order valence-electron chi connectivity index (χ1n) is 6.75. The van der Waals surface area contributed by atoms with E-state index in [0.29, 0.717) is 6.04 Å². The largest absolute Gasteiger partial charge is 0.372 e. The van der Waals surface area contributed by atoms with Crippen LogP contribution < -0.4 is 10.2 Å². The Morgan fingerprint density at radius 3 is 2.35 bits per heavy atom. The van der Waals surface area contributed by atoms with Crippen molar-refractivity contribution in [3.63, 3.8) is 0 Å². The highest BCUT2D eigenvalue weighted by Gasteiger charge is 2.07. The van der Waals surface area contributed by atoms with Crippen LogP contribution in [0.1, 0.15) is 45.2 Å². The van der Waals surface area contributed by atoms with Crippen LogP contribution in [0.4, 0.5) is 5.69 Å². The van der Waals surface area contributed by atoms with Crippen LogP contribution in [-0.4, -0.2) is 20.1 Å². The van der Waals surface area contributed by atoms with Crippen LogP contribution in [0.2, 0.25) is 0 Å². The molecule has 2 nitrogen and oxygen atoms in total. The molecule has 0 aromatic heterocycles. The van der Waals surface area contributed by atoms with Gasteiger partial charge in [0.05, 0.1) is 0 Å². The minimum absolute atomic E-state index is 0.417. The third-order valence-electron chi connectivity index (χ3n) is 3.16. The molecule has 0 saturated carbocycles. The lowest BCUT2D eigenvalue weighted by Crippen LogP contribution is -2.25. The lowest BCUT2D eigenvalue weighted by Gasteiger charge is -2.25. The van der Waals surface area contributed by atoms with Gasteiger partial charge in [-0.1, -0.05) is 26.0 Å². The quantitative estimate of drug-likeness (QED) is 0.775. The topological polar surface area (TPSA) is 15.3 Å². The normalized spacial score (nSPS) is 12.5. The van der Waals surface area contributed by atoms with Crippen molar-refractivity contribution in [2.45, 2.75) is 39.7 Å². The van der Waals surface area contributed by atoms with Crippen LogP contribution in [0, 0.1) is 0 Å². The minimum atomic E-state index is 0.417. The number of hydrogen-bond donors (Lipinski definition) is 1. The fourth-order valence-corrected chi connectivity index (χ4v) is 2.07. The van der Waals surface area contributed by atoms with Gasteiger partial charge in [0.25, 0.3) is 0 Å². The molecule has 0 aliphatic carbocycles. The van der Waals surface area contributed by atoms with E-state index in [1.54, 1.807) is 0 Å². The summed E-state index contributed by atoms with van der Waals surface area (Å²) < 4.78 is 0. The molecule has 1 aromatic carbocycles. The summed E-state index contributed by atoms with van der Waals surface area (Å²) in [5.74, 6) is 0. The van der Waals surface area contributed by atoms with Crippen LogP contribution in [0.5, 0.6) is 0 Å². The molecule has 1 rings (SSSR count). The van der Waals surface area contributed by atoms with Crippen molar-refractivity contribution in [3.05, 3.63) is 29.8 Å². The van der Waals surface area contributed by atoms with Gasteiger partial charge in [0.1, 0.15) is 0 Å². The summed E-state index contributed by atoms with van der Waals surface area (Å²) in [6.45, 7) is 8.96. The Labute approximate surface area is 106 Å². The molecule has 96 valence electrons. The van der Waals surface area contributed by atoms with Crippen LogP contribution in [-0.2, 0) is 0 Å². The van der Waals surface area contributed by atoms with E-state index in [0.717, 1.165) is 13.1 Å². The minimum Gasteiger partial charge on any atom is -0.372 e. The molecule has 0 aliphatic rings. The Morgan fingerprint density at radius 1 is 1.18 bits per heavy atom. The Morgan fingerprint density at radius 2 is 1.82 bits per heavy atom. The summed E-state index contributed by atoms with van der Waals surface area (Å²) in [6, 6.07) is 9.31. The number of nitrogens with one attached hydrogen (secondary N) is 1. The molecule has 0 fully saturated rings. The predicted octanol–water partition coefficient (Wildman–Crippen LogP) is 3.59. The predicted molar refractivity (Wildman–Crippen MR) is 76.7 cm³/mol. The Kier molecular flexibility index (Phi) is 6.06. The molecule has 0 heterocycles. The van der Waals surface area contributed by atoms with E-state index in [1.807, 2.05) is 7.05 Å². The third-order valence-corrected chi connectivity index (χ3v) is 3.16. The highest BCUT2D eigenvalue weighted by molar-refractivity contribution is 5.49. The summed E-state index contributed by atoms with van der Waals surface area (Å²) in [5, 5.41) is 3.29. The highest BCUT2D eigenvalue weighted by atomic mass is 15.1. The highest BCUT2D eigenvalue weighted by Crippen LogP contribution is 2.21. The van der Waals surface area contributed by atoms with E-state index in [1.165, 1.54) is 24.1 Å². The number of benzene rings is 1. The van der Waals surface area contributed by atoms with E-state index < -0.39 is 0 Å². The number of nitrogens with zero attached hydrogens (tertiary/aromatic N) is 1. The summed E-state index contributed by atoms with van der Waals surface area (Å²) in [7, 11) is 2.01. The first-order chi connectivity index (χ1) is 8.22. The van der Waals surface area contributed by atoms with Gasteiger partial charge in [-0.2, -0.15) is 0 Å². The maximum Gasteiger partial charge on any atom is 0.0369 e. The molecule has 0 spiro atoms. The van der Waals surface area contributed by atoms with Gasteiger partial charge in [-0.15, -0.1) is 0 Å². The lowest BCUT2D eigenvalue weighted by molar-refractivity contribution is 0.651. The second-order valence-electron chi connectivity index (χ2n) is 4.59. The zero-order chi connectivity index (χ0) is 12.7. The van der Waals surface area contributed by atoms with Crippen molar-refractivity contribution in [2.75, 3.05) is 25.0 Å². The van der Waals surface area contributed by atoms with Gasteiger partial charge in [-0.05, 0) is 44.5 Å². The molecule has 2 heteroatoms. The maximum absolute atomic E-state index is 3.29. The molecule has 0 amide bonds. The average Bonchev–Trinajstić information content (AvgIpc) is 2.37. The van der Waals surface area contributed by atoms with E-state index in [9.17, 15) is 0 Å². The second-order valence-corrected chi connectivity index (χ2v) is 4.59. The monoisotopic (exact) mass is 234 g/mol. The summed E-state index contributed by atoms with van der Waals surface area (Å²) in [5.41, 5.74) is 2.72. The molecule has 1 aromatic rings. The molecule has 1 atom stereocenters. The van der Waals surface area contributed by atoms with E-state index in [4.69, 9.17) is 0 Å². The lowest BCUT2D eigenvalue weighted by atomic mass is 10.1. The smallest absolute Gasteiger partial charge is 0.0369 e. The molecular formula is C15H26N2. The van der Waals surface area contributed by atoms with Gasteiger partial charge >= 0.3 is 0 Å². The molecule has 0 saturated heterocycles. The standard InChI is InChI=1S/C15H26N2/c1-5-10-17(11-6-2)15-9-7-8-14(12-15)13(3)16-4/h7-9,12-13,16H,5-6,10-11H2,1-4H3. The number of anilines is 1. The Hall–Kier alpha value is -1.02. The van der Waals surface area contributed by atoms with Gasteiger partial charge < -0.3 is 10.2 Å². The van der Waals surface area contributed by atoms with Crippen molar-refractivity contribution in [2.24, 2.45) is 0 Å². The fraction of sp³-hybridized carbons (Fsp3) is 0.600. The van der Waals surface area contributed by atoms with Gasteiger partial charge in [0.15, 0.2) is 0 Å². The zero-order valence-electron chi connectivity index (χ0n) is 11.7. The van der Waals surface area contributed by atoms with E-state index >= 15 is 0 Å². The third kappa shape index (κ3) is 4.04. The van der Waals surface area contributed by atoms with Crippen LogP contribution in [0.25, 0.3) is 0 Å². The molecule has 0 radical (unpaired) electrons. The van der Waals surface area contributed by atoms with Gasteiger partial charge in [-0.25, -0.2) is 0 Å². The first-order valence-corrected chi connectivity index (χ1v) is 6.75. The van der Waals surface area contributed by atoms with Crippen molar-refractivity contribution in [1.29, 1.82) is 0 Å². The van der Waals surface area contributed by atoms with Crippen molar-refractivity contribution in [1.82, 2.24) is 5.32 Å². The summed E-state index contributed by atoms with van der Waals surface area (Å²) in [4.78, 5) is 2.48. The van der Waals surface area contributed by atoms with Crippen LogP contribution in [0.3, 0.4) is 0 Å². The van der Waals surface area contributed by atoms with Gasteiger partial charge in [0, 0.05) is 24.8 Å². The number of hydrogen-bond acceptors (Lipinski definition) is 2. The van der Waals surface area contributed by atoms with Crippen LogP contribution >= 0.6 is 0 Å². The van der Waals surface area contributed by atoms with Gasteiger partial charge in [0.2, 0.25) is 0 Å². The maximum atomic E-state index is 3.29. The van der Waals surface area contributed by atoms with Crippen molar-refractivity contribution >= 4 is 5.69 Å². The first kappa shape index (κ1) is 14.0. The Balaban J connectivity index is 2.87. The number of rotatable bonds is 7. The zero-order valence-corrected chi connectivity index (χ0v) is 11.7. The average molecular weight is 234 g/mol. The van der Waals surface area contributed by atoms with Gasteiger partial charge in [-0.3, -0.25) is 0 Å². The summed E-state index contributed by atoms with van der Waals surface area (Å²) in [6.07, 6.45) is 2.40. The summed E-state index contributed by atoms with van der Waals surface area (Å²) >= 11 is 0. The van der Waals surface area contributed by atoms with Crippen molar-refractivity contribution in [3.8, 4) is 0 Å². The SMILES string of the molecule is CCCN(CCC)c1cccc(C(C)NC)c1. The van der Waals surface area contributed by atoms with Crippen LogP contribution in [0.15, 0.2) is 24.3 Å². The van der Waals surface area contributed by atoms with E-state index in [-0.39, 0.29) is 0 Å². The second kappa shape index (κ2) is 7.33. The molecule has 0 bridgehead atoms. The Bertz CT molecular complexity index is 316. The van der Waals surface area contributed by atoms with Crippen molar-refractivity contribution < 1.29 is 0 Å². The molecule has 1 unspecified atom stereocenters. The molecule has 1 N–H and O–H groups in total. The molecule has 17 heavy (non-hydrogen) atoms. The van der Waals surface area contributed by atoms with E-state index in [2.05, 4.69) is 55.3 Å². The molecule has 0 aliphatic heterocycles. The fourth-order valence-electron chi connectivity index (χ4n) is 2.07.